The highest BCUT2D eigenvalue weighted by Crippen LogP contribution is 2.25. The molecular formula is C8H7ClN2O. The third-order valence-electron chi connectivity index (χ3n) is 1.68. The van der Waals surface area contributed by atoms with Crippen LogP contribution in [0.3, 0.4) is 0 Å². The summed E-state index contributed by atoms with van der Waals surface area (Å²) in [7, 11) is 1.61. The second-order valence-electron chi connectivity index (χ2n) is 2.39. The van der Waals surface area contributed by atoms with Gasteiger partial charge in [-0.15, -0.1) is 0 Å². The Morgan fingerprint density at radius 3 is 3.17 bits per heavy atom. The van der Waals surface area contributed by atoms with Crippen molar-refractivity contribution < 1.29 is 4.74 Å². The third-order valence-corrected chi connectivity index (χ3v) is 1.87. The van der Waals surface area contributed by atoms with E-state index < -0.39 is 0 Å². The van der Waals surface area contributed by atoms with E-state index in [1.807, 2.05) is 6.07 Å². The van der Waals surface area contributed by atoms with E-state index in [1.165, 1.54) is 0 Å². The fourth-order valence-electron chi connectivity index (χ4n) is 1.15. The molecule has 62 valence electrons. The smallest absolute Gasteiger partial charge is 0.142 e. The van der Waals surface area contributed by atoms with Gasteiger partial charge in [-0.2, -0.15) is 0 Å². The number of rotatable bonds is 1. The molecule has 1 N–H and O–H groups in total. The molecule has 0 aromatic carbocycles. The Labute approximate surface area is 74.3 Å². The largest absolute Gasteiger partial charge is 0.496 e. The van der Waals surface area contributed by atoms with Crippen LogP contribution >= 0.6 is 11.6 Å². The Balaban J connectivity index is 2.80. The number of halogens is 1. The lowest BCUT2D eigenvalue weighted by atomic mass is 10.3. The molecule has 0 aliphatic rings. The van der Waals surface area contributed by atoms with Gasteiger partial charge in [-0.05, 0) is 6.07 Å². The SMILES string of the molecule is COc1cc(Cl)nc2[nH]ccc12. The fraction of sp³-hybridized carbons (Fsp3) is 0.125. The molecule has 3 nitrogen and oxygen atoms in total. The van der Waals surface area contributed by atoms with Gasteiger partial charge in [0.25, 0.3) is 0 Å². The van der Waals surface area contributed by atoms with Crippen LogP contribution < -0.4 is 4.74 Å². The Hall–Kier alpha value is -1.22. The molecule has 0 bridgehead atoms. The van der Waals surface area contributed by atoms with E-state index in [0.29, 0.717) is 5.15 Å². The maximum absolute atomic E-state index is 5.75. The van der Waals surface area contributed by atoms with Crippen molar-refractivity contribution in [3.63, 3.8) is 0 Å². The predicted octanol–water partition coefficient (Wildman–Crippen LogP) is 2.22. The lowest BCUT2D eigenvalue weighted by Gasteiger charge is -2.00. The Morgan fingerprint density at radius 2 is 2.42 bits per heavy atom. The minimum absolute atomic E-state index is 0.432. The number of H-pyrrole nitrogens is 1. The highest BCUT2D eigenvalue weighted by molar-refractivity contribution is 6.30. The van der Waals surface area contributed by atoms with E-state index in [0.717, 1.165) is 16.8 Å². The number of nitrogens with zero attached hydrogens (tertiary/aromatic N) is 1. The number of nitrogens with one attached hydrogen (secondary N) is 1. The summed E-state index contributed by atoms with van der Waals surface area (Å²) in [6.07, 6.45) is 1.80. The Bertz CT molecular complexity index is 410. The van der Waals surface area contributed by atoms with Gasteiger partial charge in [-0.1, -0.05) is 11.6 Å². The molecule has 0 amide bonds. The number of aromatic amines is 1. The van der Waals surface area contributed by atoms with Crippen molar-refractivity contribution in [3.8, 4) is 5.75 Å². The maximum Gasteiger partial charge on any atom is 0.142 e. The highest BCUT2D eigenvalue weighted by atomic mass is 35.5. The molecule has 0 saturated heterocycles. The average Bonchev–Trinajstić information content (AvgIpc) is 2.50. The van der Waals surface area contributed by atoms with E-state index in [9.17, 15) is 0 Å². The van der Waals surface area contributed by atoms with Gasteiger partial charge in [0, 0.05) is 12.3 Å². The van der Waals surface area contributed by atoms with Crippen LogP contribution in [0.15, 0.2) is 18.3 Å². The summed E-state index contributed by atoms with van der Waals surface area (Å²) in [5.41, 5.74) is 0.749. The molecule has 0 radical (unpaired) electrons. The number of methoxy groups -OCH3 is 1. The van der Waals surface area contributed by atoms with Crippen LogP contribution in [0.25, 0.3) is 11.0 Å². The van der Waals surface area contributed by atoms with Gasteiger partial charge < -0.3 is 9.72 Å². The first-order valence-corrected chi connectivity index (χ1v) is 3.86. The summed E-state index contributed by atoms with van der Waals surface area (Å²) in [6.45, 7) is 0. The molecule has 2 heterocycles. The summed E-state index contributed by atoms with van der Waals surface area (Å²) in [5.74, 6) is 0.742. The standard InChI is InChI=1S/C8H7ClN2O/c1-12-6-4-7(9)11-8-5(6)2-3-10-8/h2-4H,1H3,(H,10,11). The topological polar surface area (TPSA) is 37.9 Å². The molecule has 2 rings (SSSR count). The molecule has 0 atom stereocenters. The normalized spacial score (nSPS) is 10.5. The monoisotopic (exact) mass is 182 g/mol. The van der Waals surface area contributed by atoms with Crippen molar-refractivity contribution in [2.24, 2.45) is 0 Å². The van der Waals surface area contributed by atoms with E-state index in [2.05, 4.69) is 9.97 Å². The Morgan fingerprint density at radius 1 is 1.58 bits per heavy atom. The quantitative estimate of drug-likeness (QED) is 0.687. The van der Waals surface area contributed by atoms with E-state index in [-0.39, 0.29) is 0 Å². The summed E-state index contributed by atoms with van der Waals surface area (Å²) in [5, 5.41) is 1.38. The average molecular weight is 183 g/mol. The van der Waals surface area contributed by atoms with Crippen LogP contribution in [0.5, 0.6) is 5.75 Å². The van der Waals surface area contributed by atoms with Crippen molar-refractivity contribution in [2.45, 2.75) is 0 Å². The molecule has 0 saturated carbocycles. The molecule has 12 heavy (non-hydrogen) atoms. The first-order valence-electron chi connectivity index (χ1n) is 3.49. The van der Waals surface area contributed by atoms with Crippen LogP contribution in [0.1, 0.15) is 0 Å². The summed E-state index contributed by atoms with van der Waals surface area (Å²) < 4.78 is 5.12. The van der Waals surface area contributed by atoms with Gasteiger partial charge in [0.05, 0.1) is 12.5 Å². The number of hydrogen-bond acceptors (Lipinski definition) is 2. The lowest BCUT2D eigenvalue weighted by Crippen LogP contribution is -1.85. The molecular weight excluding hydrogens is 176 g/mol. The number of fused-ring (bicyclic) bond motifs is 1. The lowest BCUT2D eigenvalue weighted by molar-refractivity contribution is 0.419. The van der Waals surface area contributed by atoms with Gasteiger partial charge in [0.2, 0.25) is 0 Å². The van der Waals surface area contributed by atoms with Crippen LogP contribution in [0, 0.1) is 0 Å². The second kappa shape index (κ2) is 2.68. The van der Waals surface area contributed by atoms with Gasteiger partial charge >= 0.3 is 0 Å². The van der Waals surface area contributed by atoms with Gasteiger partial charge in [-0.25, -0.2) is 4.98 Å². The zero-order valence-electron chi connectivity index (χ0n) is 6.47. The van der Waals surface area contributed by atoms with E-state index >= 15 is 0 Å². The summed E-state index contributed by atoms with van der Waals surface area (Å²) >= 11 is 5.75. The molecule has 2 aromatic heterocycles. The van der Waals surface area contributed by atoms with Crippen molar-refractivity contribution in [2.75, 3.05) is 7.11 Å². The van der Waals surface area contributed by atoms with Crippen molar-refractivity contribution in [1.29, 1.82) is 0 Å². The first-order chi connectivity index (χ1) is 5.81. The minimum Gasteiger partial charge on any atom is -0.496 e. The maximum atomic E-state index is 5.75. The fourth-order valence-corrected chi connectivity index (χ4v) is 1.33. The Kier molecular flexibility index (Phi) is 1.66. The first kappa shape index (κ1) is 7.43. The van der Waals surface area contributed by atoms with Gasteiger partial charge in [-0.3, -0.25) is 0 Å². The van der Waals surface area contributed by atoms with Crippen LogP contribution in [-0.2, 0) is 0 Å². The molecule has 4 heteroatoms. The molecule has 0 aliphatic heterocycles. The minimum atomic E-state index is 0.432. The van der Waals surface area contributed by atoms with Crippen molar-refractivity contribution >= 4 is 22.6 Å². The van der Waals surface area contributed by atoms with Crippen LogP contribution in [-0.4, -0.2) is 17.1 Å². The molecule has 0 aliphatic carbocycles. The third kappa shape index (κ3) is 1.02. The molecule has 2 aromatic rings. The van der Waals surface area contributed by atoms with E-state index in [1.54, 1.807) is 19.4 Å². The number of hydrogen-bond donors (Lipinski definition) is 1. The molecule has 0 spiro atoms. The van der Waals surface area contributed by atoms with Crippen molar-refractivity contribution in [1.82, 2.24) is 9.97 Å². The molecule has 0 unspecified atom stereocenters. The van der Waals surface area contributed by atoms with E-state index in [4.69, 9.17) is 16.3 Å². The zero-order chi connectivity index (χ0) is 8.55. The van der Waals surface area contributed by atoms with Gasteiger partial charge in [0.1, 0.15) is 16.5 Å². The van der Waals surface area contributed by atoms with Crippen LogP contribution in [0.2, 0.25) is 5.15 Å². The summed E-state index contributed by atoms with van der Waals surface area (Å²) in [4.78, 5) is 7.03. The summed E-state index contributed by atoms with van der Waals surface area (Å²) in [6, 6.07) is 3.59. The second-order valence-corrected chi connectivity index (χ2v) is 2.77. The number of ether oxygens (including phenoxy) is 1. The number of aromatic nitrogens is 2. The zero-order valence-corrected chi connectivity index (χ0v) is 7.22. The predicted molar refractivity (Wildman–Crippen MR) is 47.7 cm³/mol. The van der Waals surface area contributed by atoms with Gasteiger partial charge in [0.15, 0.2) is 0 Å². The highest BCUT2D eigenvalue weighted by Gasteiger charge is 2.04. The molecule has 0 fully saturated rings. The van der Waals surface area contributed by atoms with Crippen molar-refractivity contribution in [3.05, 3.63) is 23.5 Å². The van der Waals surface area contributed by atoms with Crippen LogP contribution in [0.4, 0.5) is 0 Å². The number of pyridine rings is 1.